The van der Waals surface area contributed by atoms with Gasteiger partial charge in [0.15, 0.2) is 11.5 Å². The molecule has 0 atom stereocenters. The zero-order valence-electron chi connectivity index (χ0n) is 16.5. The molecule has 8 heteroatoms. The van der Waals surface area contributed by atoms with E-state index < -0.39 is 0 Å². The molecule has 0 radical (unpaired) electrons. The van der Waals surface area contributed by atoms with Crippen LogP contribution in [0.3, 0.4) is 0 Å². The Morgan fingerprint density at radius 2 is 1.74 bits per heavy atom. The van der Waals surface area contributed by atoms with E-state index in [0.29, 0.717) is 29.6 Å². The largest absolute Gasteiger partial charge is 0.475 e. The van der Waals surface area contributed by atoms with Crippen molar-refractivity contribution in [3.63, 3.8) is 0 Å². The zero-order valence-corrected chi connectivity index (χ0v) is 16.5. The lowest BCUT2D eigenvalue weighted by Gasteiger charge is -2.08. The highest BCUT2D eigenvalue weighted by Crippen LogP contribution is 2.18. The third kappa shape index (κ3) is 3.91. The molecular formula is C23H18N6O2. The monoisotopic (exact) mass is 410 g/mol. The molecule has 0 aliphatic carbocycles. The SMILES string of the molecule is O=C(NCCOc1ccc2nnc(-c3ccccc3)n2n1)c1ccc2ccccc2n1. The summed E-state index contributed by atoms with van der Waals surface area (Å²) in [6.07, 6.45) is 0. The van der Waals surface area contributed by atoms with E-state index in [1.807, 2.05) is 60.7 Å². The molecule has 3 heterocycles. The number of amides is 1. The Morgan fingerprint density at radius 3 is 2.65 bits per heavy atom. The van der Waals surface area contributed by atoms with E-state index in [9.17, 15) is 4.79 Å². The van der Waals surface area contributed by atoms with Gasteiger partial charge in [0, 0.05) is 17.0 Å². The maximum absolute atomic E-state index is 12.4. The van der Waals surface area contributed by atoms with Crippen LogP contribution in [0.25, 0.3) is 27.9 Å². The molecule has 3 aromatic heterocycles. The maximum Gasteiger partial charge on any atom is 0.270 e. The molecule has 0 aliphatic heterocycles. The maximum atomic E-state index is 12.4. The number of rotatable bonds is 6. The van der Waals surface area contributed by atoms with Crippen molar-refractivity contribution in [2.75, 3.05) is 13.2 Å². The molecule has 0 unspecified atom stereocenters. The molecule has 5 aromatic rings. The van der Waals surface area contributed by atoms with E-state index in [2.05, 4.69) is 25.6 Å². The number of carbonyl (C=O) groups is 1. The van der Waals surface area contributed by atoms with Crippen LogP contribution in [-0.2, 0) is 0 Å². The Labute approximate surface area is 177 Å². The summed E-state index contributed by atoms with van der Waals surface area (Å²) >= 11 is 0. The van der Waals surface area contributed by atoms with Gasteiger partial charge in [-0.15, -0.1) is 15.3 Å². The number of carbonyl (C=O) groups excluding carboxylic acids is 1. The zero-order chi connectivity index (χ0) is 21.0. The molecule has 8 nitrogen and oxygen atoms in total. The summed E-state index contributed by atoms with van der Waals surface area (Å²) in [6.45, 7) is 0.585. The molecular weight excluding hydrogens is 392 g/mol. The number of benzene rings is 2. The van der Waals surface area contributed by atoms with Gasteiger partial charge in [-0.1, -0.05) is 54.6 Å². The van der Waals surface area contributed by atoms with Crippen molar-refractivity contribution in [3.8, 4) is 17.3 Å². The summed E-state index contributed by atoms with van der Waals surface area (Å²) in [5.41, 5.74) is 2.69. The van der Waals surface area contributed by atoms with Crippen LogP contribution in [0.15, 0.2) is 78.9 Å². The summed E-state index contributed by atoms with van der Waals surface area (Å²) in [6, 6.07) is 24.5. The quantitative estimate of drug-likeness (QED) is 0.432. The Hall–Kier alpha value is -4.33. The summed E-state index contributed by atoms with van der Waals surface area (Å²) in [7, 11) is 0. The fraction of sp³-hybridized carbons (Fsp3) is 0.0870. The third-order valence-electron chi connectivity index (χ3n) is 4.74. The average molecular weight is 410 g/mol. The van der Waals surface area contributed by atoms with Gasteiger partial charge >= 0.3 is 0 Å². The van der Waals surface area contributed by atoms with Crippen molar-refractivity contribution in [2.45, 2.75) is 0 Å². The van der Waals surface area contributed by atoms with Crippen LogP contribution in [-0.4, -0.2) is 43.9 Å². The molecule has 0 saturated heterocycles. The lowest BCUT2D eigenvalue weighted by atomic mass is 10.2. The highest BCUT2D eigenvalue weighted by atomic mass is 16.5. The van der Waals surface area contributed by atoms with Gasteiger partial charge in [0.05, 0.1) is 12.1 Å². The summed E-state index contributed by atoms with van der Waals surface area (Å²) < 4.78 is 7.35. The molecule has 0 fully saturated rings. The Kier molecular flexibility index (Phi) is 4.94. The molecule has 152 valence electrons. The highest BCUT2D eigenvalue weighted by molar-refractivity contribution is 5.94. The van der Waals surface area contributed by atoms with Gasteiger partial charge < -0.3 is 10.1 Å². The van der Waals surface area contributed by atoms with E-state index in [-0.39, 0.29) is 12.5 Å². The number of nitrogens with zero attached hydrogens (tertiary/aromatic N) is 5. The van der Waals surface area contributed by atoms with Gasteiger partial charge in [-0.25, -0.2) is 4.98 Å². The molecule has 1 amide bonds. The predicted octanol–water partition coefficient (Wildman–Crippen LogP) is 3.15. The van der Waals surface area contributed by atoms with E-state index in [1.165, 1.54) is 0 Å². The smallest absolute Gasteiger partial charge is 0.270 e. The first-order chi connectivity index (χ1) is 15.3. The number of fused-ring (bicyclic) bond motifs is 2. The molecule has 31 heavy (non-hydrogen) atoms. The number of para-hydroxylation sites is 1. The van der Waals surface area contributed by atoms with Crippen molar-refractivity contribution in [3.05, 3.63) is 84.6 Å². The minimum Gasteiger partial charge on any atom is -0.475 e. The van der Waals surface area contributed by atoms with Crippen LogP contribution < -0.4 is 10.1 Å². The number of hydrogen-bond donors (Lipinski definition) is 1. The highest BCUT2D eigenvalue weighted by Gasteiger charge is 2.11. The van der Waals surface area contributed by atoms with Crippen molar-refractivity contribution >= 4 is 22.5 Å². The summed E-state index contributed by atoms with van der Waals surface area (Å²) in [4.78, 5) is 16.8. The van der Waals surface area contributed by atoms with E-state index in [1.54, 1.807) is 22.7 Å². The lowest BCUT2D eigenvalue weighted by Crippen LogP contribution is -2.28. The molecule has 0 aliphatic rings. The van der Waals surface area contributed by atoms with Crippen molar-refractivity contribution in [1.29, 1.82) is 0 Å². The summed E-state index contributed by atoms with van der Waals surface area (Å²) in [5.74, 6) is 0.808. The normalized spacial score (nSPS) is 11.0. The average Bonchev–Trinajstić information content (AvgIpc) is 3.25. The predicted molar refractivity (Wildman–Crippen MR) is 116 cm³/mol. The first-order valence-electron chi connectivity index (χ1n) is 9.83. The van der Waals surface area contributed by atoms with Gasteiger partial charge in [-0.2, -0.15) is 4.52 Å². The fourth-order valence-electron chi connectivity index (χ4n) is 3.22. The van der Waals surface area contributed by atoms with E-state index >= 15 is 0 Å². The number of aromatic nitrogens is 5. The number of nitrogens with one attached hydrogen (secondary N) is 1. The van der Waals surface area contributed by atoms with E-state index in [4.69, 9.17) is 4.74 Å². The molecule has 0 bridgehead atoms. The third-order valence-corrected chi connectivity index (χ3v) is 4.74. The van der Waals surface area contributed by atoms with Crippen molar-refractivity contribution in [1.82, 2.24) is 30.1 Å². The van der Waals surface area contributed by atoms with Crippen LogP contribution >= 0.6 is 0 Å². The van der Waals surface area contributed by atoms with Gasteiger partial charge in [0.25, 0.3) is 5.91 Å². The second kappa shape index (κ2) is 8.19. The molecule has 0 spiro atoms. The fourth-order valence-corrected chi connectivity index (χ4v) is 3.22. The van der Waals surface area contributed by atoms with Gasteiger partial charge in [-0.05, 0) is 18.2 Å². The number of hydrogen-bond acceptors (Lipinski definition) is 6. The minimum atomic E-state index is -0.247. The second-order valence-corrected chi connectivity index (χ2v) is 6.82. The minimum absolute atomic E-state index is 0.247. The molecule has 1 N–H and O–H groups in total. The Morgan fingerprint density at radius 1 is 0.903 bits per heavy atom. The standard InChI is InChI=1S/C23H18N6O2/c30-23(19-11-10-16-6-4-5-9-18(16)25-19)24-14-15-31-21-13-12-20-26-27-22(29(20)28-21)17-7-2-1-3-8-17/h1-13H,14-15H2,(H,24,30). The molecule has 5 rings (SSSR count). The van der Waals surface area contributed by atoms with Crippen LogP contribution in [0, 0.1) is 0 Å². The van der Waals surface area contributed by atoms with Crippen molar-refractivity contribution < 1.29 is 9.53 Å². The molecule has 2 aromatic carbocycles. The second-order valence-electron chi connectivity index (χ2n) is 6.82. The van der Waals surface area contributed by atoms with Crippen molar-refractivity contribution in [2.24, 2.45) is 0 Å². The van der Waals surface area contributed by atoms with Crippen LogP contribution in [0.4, 0.5) is 0 Å². The van der Waals surface area contributed by atoms with Gasteiger partial charge in [-0.3, -0.25) is 4.79 Å². The van der Waals surface area contributed by atoms with E-state index in [0.717, 1.165) is 16.5 Å². The van der Waals surface area contributed by atoms with Crippen LogP contribution in [0.1, 0.15) is 10.5 Å². The first kappa shape index (κ1) is 18.7. The van der Waals surface area contributed by atoms with Crippen LogP contribution in [0.2, 0.25) is 0 Å². The summed E-state index contributed by atoms with van der Waals surface area (Å²) in [5, 5.41) is 16.6. The van der Waals surface area contributed by atoms with Crippen LogP contribution in [0.5, 0.6) is 5.88 Å². The number of pyridine rings is 1. The van der Waals surface area contributed by atoms with Gasteiger partial charge in [0.2, 0.25) is 5.88 Å². The lowest BCUT2D eigenvalue weighted by molar-refractivity contribution is 0.0942. The van der Waals surface area contributed by atoms with Gasteiger partial charge in [0.1, 0.15) is 12.3 Å². The molecule has 0 saturated carbocycles. The Bertz CT molecular complexity index is 1370. The topological polar surface area (TPSA) is 94.3 Å². The number of ether oxygens (including phenoxy) is 1. The Balaban J connectivity index is 1.22. The first-order valence-corrected chi connectivity index (χ1v) is 9.83.